The zero-order valence-corrected chi connectivity index (χ0v) is 11.0. The van der Waals surface area contributed by atoms with Crippen LogP contribution < -0.4 is 11.1 Å². The summed E-state index contributed by atoms with van der Waals surface area (Å²) in [6.45, 7) is 6.04. The van der Waals surface area contributed by atoms with Crippen LogP contribution in [0.25, 0.3) is 0 Å². The van der Waals surface area contributed by atoms with Gasteiger partial charge in [-0.2, -0.15) is 0 Å². The summed E-state index contributed by atoms with van der Waals surface area (Å²) in [5.74, 6) is -0.885. The van der Waals surface area contributed by atoms with Crippen molar-refractivity contribution in [3.63, 3.8) is 0 Å². The molecule has 1 amide bonds. The predicted octanol–water partition coefficient (Wildman–Crippen LogP) is 0.690. The molecule has 0 bridgehead atoms. The number of amidine groups is 1. The lowest BCUT2D eigenvalue weighted by atomic mass is 10.0. The standard InChI is InChI=1S/C11H23N3O3/c1-5-6-8(9(12)14-16)10(15)13-7-11(2,3)17-4/h8,16H,5-7H2,1-4H3,(H2,12,14)(H,13,15). The number of ether oxygens (including phenoxy) is 1. The highest BCUT2D eigenvalue weighted by Crippen LogP contribution is 2.09. The molecule has 0 radical (unpaired) electrons. The fourth-order valence-electron chi connectivity index (χ4n) is 1.27. The predicted molar refractivity (Wildman–Crippen MR) is 65.9 cm³/mol. The van der Waals surface area contributed by atoms with Gasteiger partial charge in [-0.05, 0) is 20.3 Å². The Morgan fingerprint density at radius 1 is 1.59 bits per heavy atom. The first kappa shape index (κ1) is 15.7. The molecule has 0 aromatic heterocycles. The van der Waals surface area contributed by atoms with Crippen molar-refractivity contribution in [2.75, 3.05) is 13.7 Å². The van der Waals surface area contributed by atoms with Crippen LogP contribution >= 0.6 is 0 Å². The summed E-state index contributed by atoms with van der Waals surface area (Å²) in [5.41, 5.74) is 5.05. The van der Waals surface area contributed by atoms with Crippen molar-refractivity contribution >= 4 is 11.7 Å². The number of amides is 1. The van der Waals surface area contributed by atoms with Crippen LogP contribution in [-0.2, 0) is 9.53 Å². The number of nitrogens with one attached hydrogen (secondary N) is 1. The molecule has 6 heteroatoms. The van der Waals surface area contributed by atoms with Gasteiger partial charge in [0.25, 0.3) is 0 Å². The third kappa shape index (κ3) is 5.53. The molecule has 1 unspecified atom stereocenters. The van der Waals surface area contributed by atoms with Crippen molar-refractivity contribution in [1.29, 1.82) is 0 Å². The summed E-state index contributed by atoms with van der Waals surface area (Å²) in [5, 5.41) is 14.2. The molecule has 0 aromatic carbocycles. The van der Waals surface area contributed by atoms with E-state index >= 15 is 0 Å². The lowest BCUT2D eigenvalue weighted by Gasteiger charge is -2.24. The molecule has 17 heavy (non-hydrogen) atoms. The first-order valence-corrected chi connectivity index (χ1v) is 5.68. The maximum absolute atomic E-state index is 11.9. The second kappa shape index (κ2) is 7.11. The molecule has 0 saturated carbocycles. The van der Waals surface area contributed by atoms with Crippen molar-refractivity contribution < 1.29 is 14.7 Å². The number of hydrogen-bond donors (Lipinski definition) is 3. The number of nitrogens with two attached hydrogens (primary N) is 1. The fraction of sp³-hybridized carbons (Fsp3) is 0.818. The number of oxime groups is 1. The van der Waals surface area contributed by atoms with Gasteiger partial charge in [-0.3, -0.25) is 4.79 Å². The van der Waals surface area contributed by atoms with Gasteiger partial charge < -0.3 is 21.0 Å². The van der Waals surface area contributed by atoms with Crippen molar-refractivity contribution in [3.8, 4) is 0 Å². The number of nitrogens with zero attached hydrogens (tertiary/aromatic N) is 1. The number of carbonyl (C=O) groups is 1. The minimum absolute atomic E-state index is 0.0560. The molecule has 0 aliphatic carbocycles. The van der Waals surface area contributed by atoms with Gasteiger partial charge in [0.2, 0.25) is 5.91 Å². The molecule has 0 fully saturated rings. The maximum atomic E-state index is 11.9. The molecule has 0 saturated heterocycles. The average Bonchev–Trinajstić information content (AvgIpc) is 2.32. The third-order valence-electron chi connectivity index (χ3n) is 2.61. The Balaban J connectivity index is 4.44. The third-order valence-corrected chi connectivity index (χ3v) is 2.61. The van der Waals surface area contributed by atoms with Gasteiger partial charge in [0.1, 0.15) is 0 Å². The largest absolute Gasteiger partial charge is 0.409 e. The number of hydrogen-bond acceptors (Lipinski definition) is 4. The Kier molecular flexibility index (Phi) is 6.57. The van der Waals surface area contributed by atoms with Crippen LogP contribution in [-0.4, -0.2) is 36.2 Å². The van der Waals surface area contributed by atoms with E-state index in [0.29, 0.717) is 13.0 Å². The molecule has 0 aliphatic rings. The Hall–Kier alpha value is -1.30. The van der Waals surface area contributed by atoms with Crippen LogP contribution in [0.5, 0.6) is 0 Å². The molecule has 100 valence electrons. The van der Waals surface area contributed by atoms with Gasteiger partial charge in [0.15, 0.2) is 5.84 Å². The van der Waals surface area contributed by atoms with Crippen LogP contribution in [0.2, 0.25) is 0 Å². The highest BCUT2D eigenvalue weighted by Gasteiger charge is 2.24. The Bertz CT molecular complexity index is 277. The van der Waals surface area contributed by atoms with Crippen LogP contribution in [0.4, 0.5) is 0 Å². The fourth-order valence-corrected chi connectivity index (χ4v) is 1.27. The van der Waals surface area contributed by atoms with Crippen molar-refractivity contribution in [2.45, 2.75) is 39.2 Å². The number of rotatable bonds is 7. The summed E-state index contributed by atoms with van der Waals surface area (Å²) in [7, 11) is 1.58. The van der Waals surface area contributed by atoms with E-state index in [4.69, 9.17) is 15.7 Å². The lowest BCUT2D eigenvalue weighted by molar-refractivity contribution is -0.124. The Labute approximate surface area is 102 Å². The quantitative estimate of drug-likeness (QED) is 0.266. The summed E-state index contributed by atoms with van der Waals surface area (Å²) in [6, 6.07) is 0. The number of methoxy groups -OCH3 is 1. The summed E-state index contributed by atoms with van der Waals surface area (Å²) in [4.78, 5) is 11.9. The van der Waals surface area contributed by atoms with E-state index in [-0.39, 0.29) is 11.7 Å². The van der Waals surface area contributed by atoms with E-state index in [9.17, 15) is 4.79 Å². The van der Waals surface area contributed by atoms with Crippen LogP contribution in [0.3, 0.4) is 0 Å². The van der Waals surface area contributed by atoms with Gasteiger partial charge in [-0.1, -0.05) is 18.5 Å². The minimum Gasteiger partial charge on any atom is -0.409 e. The SMILES string of the molecule is CCCC(C(=O)NCC(C)(C)OC)C(N)=NO. The summed E-state index contributed by atoms with van der Waals surface area (Å²) >= 11 is 0. The summed E-state index contributed by atoms with van der Waals surface area (Å²) in [6.07, 6.45) is 1.33. The van der Waals surface area contributed by atoms with E-state index in [1.165, 1.54) is 0 Å². The monoisotopic (exact) mass is 245 g/mol. The smallest absolute Gasteiger partial charge is 0.230 e. The van der Waals surface area contributed by atoms with E-state index in [0.717, 1.165) is 6.42 Å². The minimum atomic E-state index is -0.586. The highest BCUT2D eigenvalue weighted by atomic mass is 16.5. The Morgan fingerprint density at radius 3 is 2.59 bits per heavy atom. The van der Waals surface area contributed by atoms with Gasteiger partial charge >= 0.3 is 0 Å². The average molecular weight is 245 g/mol. The van der Waals surface area contributed by atoms with Gasteiger partial charge in [0, 0.05) is 13.7 Å². The number of carbonyl (C=O) groups excluding carboxylic acids is 1. The van der Waals surface area contributed by atoms with Gasteiger partial charge in [0.05, 0.1) is 11.5 Å². The van der Waals surface area contributed by atoms with E-state index in [1.807, 2.05) is 20.8 Å². The molecule has 0 heterocycles. The lowest BCUT2D eigenvalue weighted by Crippen LogP contribution is -2.45. The molecule has 1 atom stereocenters. The molecular weight excluding hydrogens is 222 g/mol. The van der Waals surface area contributed by atoms with E-state index < -0.39 is 11.5 Å². The van der Waals surface area contributed by atoms with Crippen LogP contribution in [0.1, 0.15) is 33.6 Å². The molecule has 6 nitrogen and oxygen atoms in total. The van der Waals surface area contributed by atoms with Crippen molar-refractivity contribution in [3.05, 3.63) is 0 Å². The zero-order valence-electron chi connectivity index (χ0n) is 11.0. The topological polar surface area (TPSA) is 96.9 Å². The second-order valence-corrected chi connectivity index (χ2v) is 4.55. The second-order valence-electron chi connectivity index (χ2n) is 4.55. The van der Waals surface area contributed by atoms with E-state index in [2.05, 4.69) is 10.5 Å². The van der Waals surface area contributed by atoms with Crippen molar-refractivity contribution in [1.82, 2.24) is 5.32 Å². The molecule has 0 aromatic rings. The molecule has 0 aliphatic heterocycles. The van der Waals surface area contributed by atoms with Gasteiger partial charge in [-0.25, -0.2) is 0 Å². The first-order valence-electron chi connectivity index (χ1n) is 5.68. The summed E-state index contributed by atoms with van der Waals surface area (Å²) < 4.78 is 5.19. The maximum Gasteiger partial charge on any atom is 0.230 e. The molecule has 4 N–H and O–H groups in total. The van der Waals surface area contributed by atoms with Crippen LogP contribution in [0.15, 0.2) is 5.16 Å². The van der Waals surface area contributed by atoms with Crippen LogP contribution in [0, 0.1) is 5.92 Å². The Morgan fingerprint density at radius 2 is 2.18 bits per heavy atom. The molecular formula is C11H23N3O3. The normalized spacial score (nSPS) is 14.5. The van der Waals surface area contributed by atoms with Gasteiger partial charge in [-0.15, -0.1) is 0 Å². The van der Waals surface area contributed by atoms with Crippen molar-refractivity contribution in [2.24, 2.45) is 16.8 Å². The first-order chi connectivity index (χ1) is 7.87. The highest BCUT2D eigenvalue weighted by molar-refractivity contribution is 6.02. The van der Waals surface area contributed by atoms with E-state index in [1.54, 1.807) is 7.11 Å². The molecule has 0 rings (SSSR count). The molecule has 0 spiro atoms. The zero-order chi connectivity index (χ0) is 13.5.